The van der Waals surface area contributed by atoms with E-state index in [1.165, 1.54) is 24.4 Å². The van der Waals surface area contributed by atoms with Crippen LogP contribution in [0.2, 0.25) is 0 Å². The van der Waals surface area contributed by atoms with Gasteiger partial charge >= 0.3 is 0 Å². The van der Waals surface area contributed by atoms with Crippen molar-refractivity contribution in [3.8, 4) is 6.07 Å². The summed E-state index contributed by atoms with van der Waals surface area (Å²) in [6, 6.07) is 6.35. The Kier molecular flexibility index (Phi) is 6.21. The van der Waals surface area contributed by atoms with Crippen LogP contribution < -0.4 is 5.73 Å². The molecule has 0 aliphatic carbocycles. The molecule has 10 heteroatoms. The second kappa shape index (κ2) is 8.57. The molecule has 1 aliphatic heterocycles. The first-order valence-corrected chi connectivity index (χ1v) is 9.63. The largest absolute Gasteiger partial charge is 0.456 e. The number of hydrogen-bond donors (Lipinski definition) is 1. The Hall–Kier alpha value is -3.48. The molecule has 0 spiro atoms. The molecule has 168 valence electrons. The van der Waals surface area contributed by atoms with Gasteiger partial charge in [0.15, 0.2) is 11.9 Å². The smallest absolute Gasteiger partial charge is 0.283 e. The number of ketones is 1. The fourth-order valence-corrected chi connectivity index (χ4v) is 3.62. The number of nitrogens with zero attached hydrogens (tertiary/aromatic N) is 3. The number of aryl methyl sites for hydroxylation is 1. The van der Waals surface area contributed by atoms with Gasteiger partial charge in [-0.05, 0) is 36.2 Å². The van der Waals surface area contributed by atoms with Crippen molar-refractivity contribution in [2.24, 2.45) is 10.7 Å². The number of nitriles is 1. The number of carbonyl (C=O) groups is 1. The number of aliphatic imine (C=N–C) groups is 1. The van der Waals surface area contributed by atoms with E-state index in [0.717, 1.165) is 6.07 Å². The SMILES string of the molecule is Cc1cc(C#N)cnc1C(=O)Cc1ccc(F)c([C@]2(CF)C[C@@H](C(C)(F)F)OC(N)=N2)c1. The molecule has 1 aromatic carbocycles. The van der Waals surface area contributed by atoms with E-state index in [2.05, 4.69) is 9.98 Å². The topological polar surface area (TPSA) is 101 Å². The molecule has 0 radical (unpaired) electrons. The summed E-state index contributed by atoms with van der Waals surface area (Å²) < 4.78 is 61.5. The summed E-state index contributed by atoms with van der Waals surface area (Å²) in [5, 5.41) is 8.93. The number of carbonyl (C=O) groups excluding carboxylic acids is 1. The van der Waals surface area contributed by atoms with E-state index in [-0.39, 0.29) is 17.7 Å². The van der Waals surface area contributed by atoms with Gasteiger partial charge in [0.1, 0.15) is 29.8 Å². The molecule has 32 heavy (non-hydrogen) atoms. The van der Waals surface area contributed by atoms with Crippen LogP contribution in [0.25, 0.3) is 0 Å². The summed E-state index contributed by atoms with van der Waals surface area (Å²) in [5.41, 5.74) is 4.44. The average Bonchev–Trinajstić information content (AvgIpc) is 2.73. The third kappa shape index (κ3) is 4.56. The summed E-state index contributed by atoms with van der Waals surface area (Å²) in [7, 11) is 0. The third-order valence-corrected chi connectivity index (χ3v) is 5.27. The highest BCUT2D eigenvalue weighted by Gasteiger charge is 2.49. The Bertz CT molecular complexity index is 1120. The maximum Gasteiger partial charge on any atom is 0.283 e. The maximum atomic E-state index is 14.7. The lowest BCUT2D eigenvalue weighted by atomic mass is 9.82. The van der Waals surface area contributed by atoms with E-state index in [4.69, 9.17) is 15.7 Å². The van der Waals surface area contributed by atoms with Gasteiger partial charge in [-0.1, -0.05) is 6.07 Å². The van der Waals surface area contributed by atoms with Crippen molar-refractivity contribution >= 4 is 11.8 Å². The zero-order valence-corrected chi connectivity index (χ0v) is 17.3. The lowest BCUT2D eigenvalue weighted by Gasteiger charge is -2.38. The quantitative estimate of drug-likeness (QED) is 0.536. The Labute approximate surface area is 181 Å². The number of ether oxygens (including phenoxy) is 1. The molecular weight excluding hydrogens is 428 g/mol. The van der Waals surface area contributed by atoms with Crippen molar-refractivity contribution in [1.29, 1.82) is 5.26 Å². The molecule has 0 fully saturated rings. The van der Waals surface area contributed by atoms with Gasteiger partial charge in [0.2, 0.25) is 0 Å². The van der Waals surface area contributed by atoms with Crippen LogP contribution in [0.5, 0.6) is 0 Å². The lowest BCUT2D eigenvalue weighted by Crippen LogP contribution is -2.48. The Morgan fingerprint density at radius 2 is 2.12 bits per heavy atom. The summed E-state index contributed by atoms with van der Waals surface area (Å²) in [6.45, 7) is 0.922. The van der Waals surface area contributed by atoms with Crippen LogP contribution in [0.15, 0.2) is 35.5 Å². The van der Waals surface area contributed by atoms with Crippen molar-refractivity contribution in [2.45, 2.75) is 44.3 Å². The summed E-state index contributed by atoms with van der Waals surface area (Å²) >= 11 is 0. The number of nitrogens with two attached hydrogens (primary N) is 1. The van der Waals surface area contributed by atoms with Gasteiger partial charge in [-0.3, -0.25) is 9.78 Å². The number of hydrogen-bond acceptors (Lipinski definition) is 6. The Morgan fingerprint density at radius 1 is 1.41 bits per heavy atom. The molecule has 2 aromatic rings. The first kappa shape index (κ1) is 23.2. The van der Waals surface area contributed by atoms with Gasteiger partial charge in [0, 0.05) is 31.5 Å². The van der Waals surface area contributed by atoms with Gasteiger partial charge in [0.05, 0.1) is 5.56 Å². The van der Waals surface area contributed by atoms with E-state index in [1.54, 1.807) is 6.92 Å². The molecule has 0 amide bonds. The molecular formula is C22H20F4N4O2. The number of alkyl halides is 3. The van der Waals surface area contributed by atoms with E-state index >= 15 is 0 Å². The molecule has 2 atom stereocenters. The molecule has 1 aromatic heterocycles. The van der Waals surface area contributed by atoms with Crippen LogP contribution in [-0.2, 0) is 16.7 Å². The van der Waals surface area contributed by atoms with Crippen molar-refractivity contribution in [3.63, 3.8) is 0 Å². The van der Waals surface area contributed by atoms with Crippen molar-refractivity contribution in [3.05, 3.63) is 64.2 Å². The first-order chi connectivity index (χ1) is 15.0. The molecule has 6 nitrogen and oxygen atoms in total. The van der Waals surface area contributed by atoms with E-state index < -0.39 is 48.3 Å². The Balaban J connectivity index is 1.97. The maximum absolute atomic E-state index is 14.7. The van der Waals surface area contributed by atoms with Crippen molar-refractivity contribution in [2.75, 3.05) is 6.67 Å². The van der Waals surface area contributed by atoms with Gasteiger partial charge in [0.25, 0.3) is 11.9 Å². The fourth-order valence-electron chi connectivity index (χ4n) is 3.62. The molecule has 3 rings (SSSR count). The highest BCUT2D eigenvalue weighted by molar-refractivity contribution is 5.97. The zero-order valence-electron chi connectivity index (χ0n) is 17.3. The number of halogens is 4. The molecule has 0 saturated carbocycles. The monoisotopic (exact) mass is 448 g/mol. The van der Waals surface area contributed by atoms with Crippen LogP contribution >= 0.6 is 0 Å². The number of Topliss-reactive ketones (excluding diaryl/α,β-unsaturated/α-hetero) is 1. The molecule has 2 heterocycles. The highest BCUT2D eigenvalue weighted by atomic mass is 19.3. The summed E-state index contributed by atoms with van der Waals surface area (Å²) in [5.74, 6) is -4.65. The standard InChI is InChI=1S/C22H20F4N4O2/c1-12-5-14(9-27)10-29-19(12)17(31)7-13-3-4-16(24)15(6-13)22(11-23)8-18(21(2,25)26)32-20(28)30-22/h3-6,10,18H,7-8,11H2,1-2H3,(H2,28,30)/t18-,22+/m0/s1. The van der Waals surface area contributed by atoms with Gasteiger partial charge in [-0.15, -0.1) is 0 Å². The minimum Gasteiger partial charge on any atom is -0.456 e. The first-order valence-electron chi connectivity index (χ1n) is 9.63. The number of pyridine rings is 1. The lowest BCUT2D eigenvalue weighted by molar-refractivity contribution is -0.106. The second-order valence-electron chi connectivity index (χ2n) is 7.80. The van der Waals surface area contributed by atoms with Crippen LogP contribution in [0.1, 0.15) is 46.1 Å². The van der Waals surface area contributed by atoms with Crippen LogP contribution in [-0.4, -0.2) is 35.5 Å². The number of benzene rings is 1. The van der Waals surface area contributed by atoms with Crippen LogP contribution in [0.3, 0.4) is 0 Å². The molecule has 2 N–H and O–H groups in total. The van der Waals surface area contributed by atoms with Gasteiger partial charge in [-0.2, -0.15) is 5.26 Å². The predicted molar refractivity (Wildman–Crippen MR) is 108 cm³/mol. The van der Waals surface area contributed by atoms with Crippen molar-refractivity contribution in [1.82, 2.24) is 4.98 Å². The number of rotatable bonds is 6. The van der Waals surface area contributed by atoms with Crippen molar-refractivity contribution < 1.29 is 27.1 Å². The van der Waals surface area contributed by atoms with E-state index in [1.807, 2.05) is 6.07 Å². The highest BCUT2D eigenvalue weighted by Crippen LogP contribution is 2.41. The average molecular weight is 448 g/mol. The fraction of sp³-hybridized carbons (Fsp3) is 0.364. The van der Waals surface area contributed by atoms with Crippen LogP contribution in [0.4, 0.5) is 17.6 Å². The molecule has 0 unspecified atom stereocenters. The number of amidine groups is 1. The summed E-state index contributed by atoms with van der Waals surface area (Å²) in [4.78, 5) is 20.6. The normalized spacial score (nSPS) is 20.8. The third-order valence-electron chi connectivity index (χ3n) is 5.27. The van der Waals surface area contributed by atoms with E-state index in [9.17, 15) is 22.4 Å². The predicted octanol–water partition coefficient (Wildman–Crippen LogP) is 3.75. The second-order valence-corrected chi connectivity index (χ2v) is 7.80. The van der Waals surface area contributed by atoms with E-state index in [0.29, 0.717) is 23.6 Å². The minimum atomic E-state index is -3.37. The molecule has 0 saturated heterocycles. The Morgan fingerprint density at radius 3 is 2.72 bits per heavy atom. The van der Waals surface area contributed by atoms with Gasteiger partial charge < -0.3 is 10.5 Å². The number of aromatic nitrogens is 1. The van der Waals surface area contributed by atoms with Crippen LogP contribution in [0, 0.1) is 24.1 Å². The molecule has 1 aliphatic rings. The minimum absolute atomic E-state index is 0.133. The molecule has 0 bridgehead atoms. The van der Waals surface area contributed by atoms with Gasteiger partial charge in [-0.25, -0.2) is 22.6 Å². The zero-order chi connectivity index (χ0) is 23.7. The summed E-state index contributed by atoms with van der Waals surface area (Å²) in [6.07, 6.45) is -1.39.